The molecule has 0 aromatic heterocycles. The standard InChI is InChI=1S/C13H13F3N2O2S/c1-2-20-11(19)5-8-3-9(6-17)12(10(4-8)7-18)21-13(14,15)16/h3-4H,2,5-6,17H2,1H3. The Balaban J connectivity index is 3.18. The summed E-state index contributed by atoms with van der Waals surface area (Å²) in [6.45, 7) is 1.69. The number of hydrogen-bond acceptors (Lipinski definition) is 5. The van der Waals surface area contributed by atoms with Crippen molar-refractivity contribution in [1.82, 2.24) is 0 Å². The number of esters is 1. The molecule has 4 nitrogen and oxygen atoms in total. The highest BCUT2D eigenvalue weighted by molar-refractivity contribution is 8.00. The van der Waals surface area contributed by atoms with Crippen LogP contribution in [0.1, 0.15) is 23.6 Å². The van der Waals surface area contributed by atoms with E-state index in [-0.39, 0.29) is 47.4 Å². The maximum Gasteiger partial charge on any atom is 0.446 e. The van der Waals surface area contributed by atoms with Crippen LogP contribution in [-0.4, -0.2) is 18.1 Å². The summed E-state index contributed by atoms with van der Waals surface area (Å²) in [7, 11) is 0. The normalized spacial score (nSPS) is 11.0. The summed E-state index contributed by atoms with van der Waals surface area (Å²) in [5.41, 5.74) is 1.35. The van der Waals surface area contributed by atoms with Crippen molar-refractivity contribution in [1.29, 1.82) is 5.26 Å². The highest BCUT2D eigenvalue weighted by Gasteiger charge is 2.32. The van der Waals surface area contributed by atoms with Crippen LogP contribution < -0.4 is 5.73 Å². The van der Waals surface area contributed by atoms with Gasteiger partial charge in [-0.3, -0.25) is 4.79 Å². The lowest BCUT2D eigenvalue weighted by Gasteiger charge is -2.13. The van der Waals surface area contributed by atoms with E-state index >= 15 is 0 Å². The van der Waals surface area contributed by atoms with Crippen molar-refractivity contribution in [2.75, 3.05) is 6.61 Å². The number of rotatable bonds is 5. The van der Waals surface area contributed by atoms with Gasteiger partial charge in [0.15, 0.2) is 0 Å². The smallest absolute Gasteiger partial charge is 0.446 e. The Hall–Kier alpha value is -1.72. The number of nitrogens with zero attached hydrogens (tertiary/aromatic N) is 1. The first-order valence-corrected chi connectivity index (χ1v) is 6.79. The van der Waals surface area contributed by atoms with Crippen LogP contribution in [0.25, 0.3) is 0 Å². The number of hydrogen-bond donors (Lipinski definition) is 1. The molecule has 2 N–H and O–H groups in total. The Morgan fingerprint density at radius 3 is 2.62 bits per heavy atom. The van der Waals surface area contributed by atoms with Crippen LogP contribution in [0, 0.1) is 11.3 Å². The Morgan fingerprint density at radius 1 is 1.48 bits per heavy atom. The Labute approximate surface area is 124 Å². The van der Waals surface area contributed by atoms with Crippen LogP contribution in [0.3, 0.4) is 0 Å². The molecule has 0 atom stereocenters. The highest BCUT2D eigenvalue weighted by atomic mass is 32.2. The lowest BCUT2D eigenvalue weighted by Crippen LogP contribution is -2.10. The van der Waals surface area contributed by atoms with Crippen LogP contribution in [0.4, 0.5) is 13.2 Å². The first-order chi connectivity index (χ1) is 9.80. The highest BCUT2D eigenvalue weighted by Crippen LogP contribution is 2.40. The SMILES string of the molecule is CCOC(=O)Cc1cc(C#N)c(SC(F)(F)F)c(CN)c1. The lowest BCUT2D eigenvalue weighted by atomic mass is 10.0. The fourth-order valence-electron chi connectivity index (χ4n) is 1.71. The molecule has 0 aliphatic carbocycles. The van der Waals surface area contributed by atoms with Gasteiger partial charge in [0.1, 0.15) is 6.07 Å². The number of thioether (sulfide) groups is 1. The molecular formula is C13H13F3N2O2S. The van der Waals surface area contributed by atoms with Crippen LogP contribution in [-0.2, 0) is 22.5 Å². The molecule has 0 saturated heterocycles. The van der Waals surface area contributed by atoms with Crippen LogP contribution >= 0.6 is 11.8 Å². The predicted octanol–water partition coefficient (Wildman–Crippen LogP) is 2.73. The van der Waals surface area contributed by atoms with Gasteiger partial charge in [0.25, 0.3) is 0 Å². The average molecular weight is 318 g/mol. The average Bonchev–Trinajstić information content (AvgIpc) is 2.38. The summed E-state index contributed by atoms with van der Waals surface area (Å²) in [6, 6.07) is 4.36. The third-order valence-corrected chi connectivity index (χ3v) is 3.36. The second-order valence-electron chi connectivity index (χ2n) is 3.98. The summed E-state index contributed by atoms with van der Waals surface area (Å²) < 4.78 is 42.3. The van der Waals surface area contributed by atoms with Crippen LogP contribution in [0.15, 0.2) is 17.0 Å². The molecule has 0 amide bonds. The summed E-state index contributed by atoms with van der Waals surface area (Å²) in [4.78, 5) is 11.2. The number of halogens is 3. The van der Waals surface area contributed by atoms with Gasteiger partial charge in [0.05, 0.1) is 18.6 Å². The Bertz CT molecular complexity index is 568. The molecule has 0 fully saturated rings. The molecule has 0 aliphatic rings. The van der Waals surface area contributed by atoms with Gasteiger partial charge >= 0.3 is 11.5 Å². The van der Waals surface area contributed by atoms with E-state index in [9.17, 15) is 18.0 Å². The molecule has 0 aliphatic heterocycles. The monoisotopic (exact) mass is 318 g/mol. The van der Waals surface area contributed by atoms with Crippen LogP contribution in [0.2, 0.25) is 0 Å². The number of ether oxygens (including phenoxy) is 1. The molecule has 1 aromatic rings. The molecule has 0 radical (unpaired) electrons. The second-order valence-corrected chi connectivity index (χ2v) is 5.05. The van der Waals surface area contributed by atoms with Crippen molar-refractivity contribution in [3.63, 3.8) is 0 Å². The van der Waals surface area contributed by atoms with Crippen molar-refractivity contribution >= 4 is 17.7 Å². The molecule has 8 heteroatoms. The van der Waals surface area contributed by atoms with Crippen LogP contribution in [0.5, 0.6) is 0 Å². The number of benzene rings is 1. The van der Waals surface area contributed by atoms with E-state index in [1.54, 1.807) is 13.0 Å². The van der Waals surface area contributed by atoms with E-state index in [1.165, 1.54) is 12.1 Å². The van der Waals surface area contributed by atoms with Gasteiger partial charge in [-0.2, -0.15) is 18.4 Å². The van der Waals surface area contributed by atoms with Gasteiger partial charge in [-0.15, -0.1) is 0 Å². The second kappa shape index (κ2) is 7.33. The quantitative estimate of drug-likeness (QED) is 0.667. The van der Waals surface area contributed by atoms with Crippen molar-refractivity contribution in [3.05, 3.63) is 28.8 Å². The fraction of sp³-hybridized carbons (Fsp3) is 0.385. The number of carbonyl (C=O) groups is 1. The van der Waals surface area contributed by atoms with E-state index < -0.39 is 11.5 Å². The van der Waals surface area contributed by atoms with Gasteiger partial charge in [-0.25, -0.2) is 0 Å². The molecule has 21 heavy (non-hydrogen) atoms. The Kier molecular flexibility index (Phi) is 6.05. The predicted molar refractivity (Wildman–Crippen MR) is 71.3 cm³/mol. The largest absolute Gasteiger partial charge is 0.466 e. The fourth-order valence-corrected chi connectivity index (χ4v) is 2.43. The first-order valence-electron chi connectivity index (χ1n) is 5.98. The first kappa shape index (κ1) is 17.3. The van der Waals surface area contributed by atoms with Crippen molar-refractivity contribution in [3.8, 4) is 6.07 Å². The number of nitrogens with two attached hydrogens (primary N) is 1. The van der Waals surface area contributed by atoms with E-state index in [2.05, 4.69) is 0 Å². The molecule has 0 bridgehead atoms. The summed E-state index contributed by atoms with van der Waals surface area (Å²) in [5, 5.41) is 9.01. The van der Waals surface area contributed by atoms with E-state index in [4.69, 9.17) is 15.7 Å². The molecule has 0 unspecified atom stereocenters. The summed E-state index contributed by atoms with van der Waals surface area (Å²) in [6.07, 6.45) is -0.119. The minimum Gasteiger partial charge on any atom is -0.466 e. The van der Waals surface area contributed by atoms with Crippen molar-refractivity contribution in [2.45, 2.75) is 30.3 Å². The summed E-state index contributed by atoms with van der Waals surface area (Å²) in [5.74, 6) is -0.513. The maximum absolute atomic E-state index is 12.5. The zero-order valence-corrected chi connectivity index (χ0v) is 12.0. The number of nitriles is 1. The zero-order valence-electron chi connectivity index (χ0n) is 11.2. The van der Waals surface area contributed by atoms with Gasteiger partial charge in [-0.1, -0.05) is 6.07 Å². The van der Waals surface area contributed by atoms with Gasteiger partial charge in [0, 0.05) is 11.4 Å². The van der Waals surface area contributed by atoms with E-state index in [1.807, 2.05) is 0 Å². The molecule has 114 valence electrons. The minimum absolute atomic E-state index is 0.119. The molecule has 0 heterocycles. The van der Waals surface area contributed by atoms with Gasteiger partial charge in [0.2, 0.25) is 0 Å². The zero-order chi connectivity index (χ0) is 16.0. The third kappa shape index (κ3) is 5.28. The third-order valence-electron chi connectivity index (χ3n) is 2.44. The van der Waals surface area contributed by atoms with Gasteiger partial charge in [-0.05, 0) is 35.9 Å². The molecular weight excluding hydrogens is 305 g/mol. The molecule has 0 spiro atoms. The van der Waals surface area contributed by atoms with E-state index in [0.29, 0.717) is 5.56 Å². The molecule has 0 saturated carbocycles. The van der Waals surface area contributed by atoms with Crippen molar-refractivity contribution < 1.29 is 22.7 Å². The minimum atomic E-state index is -4.52. The Morgan fingerprint density at radius 2 is 2.14 bits per heavy atom. The topological polar surface area (TPSA) is 76.1 Å². The number of carbonyl (C=O) groups excluding carboxylic acids is 1. The van der Waals surface area contributed by atoms with Crippen molar-refractivity contribution in [2.24, 2.45) is 5.73 Å². The molecule has 1 rings (SSSR count). The maximum atomic E-state index is 12.5. The lowest BCUT2D eigenvalue weighted by molar-refractivity contribution is -0.142. The van der Waals surface area contributed by atoms with Gasteiger partial charge < -0.3 is 10.5 Å². The molecule has 1 aromatic carbocycles. The summed E-state index contributed by atoms with van der Waals surface area (Å²) >= 11 is -0.378. The van der Waals surface area contributed by atoms with E-state index in [0.717, 1.165) is 0 Å². The number of alkyl halides is 3.